The number of carbonyl (C=O) groups is 3. The summed E-state index contributed by atoms with van der Waals surface area (Å²) in [5.74, 6) is -0.847. The molecule has 0 unspecified atom stereocenters. The van der Waals surface area contributed by atoms with Gasteiger partial charge in [0.2, 0.25) is 0 Å². The summed E-state index contributed by atoms with van der Waals surface area (Å²) >= 11 is 0. The number of likely N-dealkylation sites (tertiary alicyclic amines) is 1. The predicted octanol–water partition coefficient (Wildman–Crippen LogP) is 0.940. The SMILES string of the molecule is CN1CCC(NC(=O)c2ccc(N3C(=O)C=CC3=O)cc2)CC1. The quantitative estimate of drug-likeness (QED) is 0.843. The van der Waals surface area contributed by atoms with Gasteiger partial charge in [-0.15, -0.1) is 0 Å². The summed E-state index contributed by atoms with van der Waals surface area (Å²) in [7, 11) is 2.08. The van der Waals surface area contributed by atoms with E-state index in [1.807, 2.05) is 0 Å². The monoisotopic (exact) mass is 313 g/mol. The molecule has 2 aliphatic rings. The number of carbonyl (C=O) groups excluding carboxylic acids is 3. The number of hydrogen-bond donors (Lipinski definition) is 1. The highest BCUT2D eigenvalue weighted by Gasteiger charge is 2.25. The first-order valence-corrected chi connectivity index (χ1v) is 7.70. The maximum absolute atomic E-state index is 12.3. The van der Waals surface area contributed by atoms with E-state index in [-0.39, 0.29) is 23.8 Å². The van der Waals surface area contributed by atoms with Crippen LogP contribution in [0, 0.1) is 0 Å². The molecule has 0 aromatic heterocycles. The topological polar surface area (TPSA) is 69.7 Å². The van der Waals surface area contributed by atoms with Gasteiger partial charge in [-0.1, -0.05) is 0 Å². The van der Waals surface area contributed by atoms with Crippen molar-refractivity contribution in [1.82, 2.24) is 10.2 Å². The molecular weight excluding hydrogens is 294 g/mol. The Labute approximate surface area is 134 Å². The zero-order valence-electron chi connectivity index (χ0n) is 13.0. The molecule has 1 fully saturated rings. The molecule has 2 aliphatic heterocycles. The molecule has 0 radical (unpaired) electrons. The first-order chi connectivity index (χ1) is 11.0. The van der Waals surface area contributed by atoms with Crippen LogP contribution in [0.5, 0.6) is 0 Å². The molecule has 1 saturated heterocycles. The molecule has 0 bridgehead atoms. The Morgan fingerprint density at radius 3 is 2.17 bits per heavy atom. The maximum atomic E-state index is 12.3. The highest BCUT2D eigenvalue weighted by atomic mass is 16.2. The van der Waals surface area contributed by atoms with Crippen molar-refractivity contribution in [3.05, 3.63) is 42.0 Å². The van der Waals surface area contributed by atoms with Crippen LogP contribution in [-0.4, -0.2) is 48.8 Å². The summed E-state index contributed by atoms with van der Waals surface area (Å²) in [6, 6.07) is 6.71. The van der Waals surface area contributed by atoms with Gasteiger partial charge in [0.25, 0.3) is 17.7 Å². The van der Waals surface area contributed by atoms with Crippen molar-refractivity contribution < 1.29 is 14.4 Å². The molecule has 6 heteroatoms. The van der Waals surface area contributed by atoms with Crippen LogP contribution in [0.3, 0.4) is 0 Å². The molecule has 23 heavy (non-hydrogen) atoms. The van der Waals surface area contributed by atoms with Gasteiger partial charge < -0.3 is 10.2 Å². The Balaban J connectivity index is 1.64. The fourth-order valence-corrected chi connectivity index (χ4v) is 2.84. The van der Waals surface area contributed by atoms with Crippen molar-refractivity contribution in [3.63, 3.8) is 0 Å². The highest BCUT2D eigenvalue weighted by Crippen LogP contribution is 2.19. The molecule has 0 saturated carbocycles. The van der Waals surface area contributed by atoms with Gasteiger partial charge >= 0.3 is 0 Å². The lowest BCUT2D eigenvalue weighted by atomic mass is 10.0. The highest BCUT2D eigenvalue weighted by molar-refractivity contribution is 6.28. The number of piperidine rings is 1. The van der Waals surface area contributed by atoms with Gasteiger partial charge in [-0.25, -0.2) is 4.90 Å². The van der Waals surface area contributed by atoms with Gasteiger partial charge in [0.05, 0.1) is 5.69 Å². The molecule has 3 amide bonds. The lowest BCUT2D eigenvalue weighted by Gasteiger charge is -2.29. The number of rotatable bonds is 3. The minimum atomic E-state index is -0.362. The van der Waals surface area contributed by atoms with E-state index >= 15 is 0 Å². The summed E-state index contributed by atoms with van der Waals surface area (Å²) < 4.78 is 0. The average Bonchev–Trinajstić information content (AvgIpc) is 2.88. The molecule has 6 nitrogen and oxygen atoms in total. The van der Waals surface area contributed by atoms with E-state index in [1.54, 1.807) is 24.3 Å². The van der Waals surface area contributed by atoms with Gasteiger partial charge in [-0.2, -0.15) is 0 Å². The van der Waals surface area contributed by atoms with Crippen LogP contribution in [0.1, 0.15) is 23.2 Å². The Morgan fingerprint density at radius 1 is 1.04 bits per heavy atom. The van der Waals surface area contributed by atoms with Gasteiger partial charge in [0, 0.05) is 23.8 Å². The standard InChI is InChI=1S/C17H19N3O3/c1-19-10-8-13(9-11-19)18-17(23)12-2-4-14(5-3-12)20-15(21)6-7-16(20)22/h2-7,13H,8-11H2,1H3,(H,18,23). The number of amides is 3. The van der Waals surface area contributed by atoms with E-state index in [4.69, 9.17) is 0 Å². The fraction of sp³-hybridized carbons (Fsp3) is 0.353. The van der Waals surface area contributed by atoms with E-state index in [0.717, 1.165) is 30.8 Å². The third-order valence-electron chi connectivity index (χ3n) is 4.25. The summed E-state index contributed by atoms with van der Waals surface area (Å²) in [6.45, 7) is 1.96. The third-order valence-corrected chi connectivity index (χ3v) is 4.25. The molecule has 2 heterocycles. The van der Waals surface area contributed by atoms with Crippen LogP contribution in [0.25, 0.3) is 0 Å². The first kappa shape index (κ1) is 15.4. The van der Waals surface area contributed by atoms with Crippen LogP contribution < -0.4 is 10.2 Å². The number of anilines is 1. The van der Waals surface area contributed by atoms with Gasteiger partial charge in [-0.3, -0.25) is 14.4 Å². The summed E-state index contributed by atoms with van der Waals surface area (Å²) in [5, 5.41) is 3.04. The lowest BCUT2D eigenvalue weighted by molar-refractivity contribution is -0.119. The molecule has 3 rings (SSSR count). The second-order valence-electron chi connectivity index (χ2n) is 5.94. The van der Waals surface area contributed by atoms with Crippen molar-refractivity contribution in [2.75, 3.05) is 25.0 Å². The second-order valence-corrected chi connectivity index (χ2v) is 5.94. The van der Waals surface area contributed by atoms with Crippen LogP contribution >= 0.6 is 0 Å². The second kappa shape index (κ2) is 6.34. The average molecular weight is 313 g/mol. The minimum Gasteiger partial charge on any atom is -0.349 e. The summed E-state index contributed by atoms with van der Waals surface area (Å²) in [4.78, 5) is 38.9. The number of hydrogen-bond acceptors (Lipinski definition) is 4. The number of imide groups is 1. The van der Waals surface area contributed by atoms with Crippen LogP contribution in [0.15, 0.2) is 36.4 Å². The molecule has 0 spiro atoms. The molecule has 0 aliphatic carbocycles. The van der Waals surface area contributed by atoms with E-state index in [2.05, 4.69) is 17.3 Å². The molecular formula is C17H19N3O3. The number of benzene rings is 1. The smallest absolute Gasteiger partial charge is 0.258 e. The van der Waals surface area contributed by atoms with Gasteiger partial charge in [0.1, 0.15) is 0 Å². The van der Waals surface area contributed by atoms with Crippen molar-refractivity contribution in [2.24, 2.45) is 0 Å². The molecule has 1 aromatic carbocycles. The number of nitrogens with zero attached hydrogens (tertiary/aromatic N) is 2. The summed E-state index contributed by atoms with van der Waals surface area (Å²) in [6.07, 6.45) is 4.37. The zero-order chi connectivity index (χ0) is 16.4. The Kier molecular flexibility index (Phi) is 4.25. The largest absolute Gasteiger partial charge is 0.349 e. The van der Waals surface area contributed by atoms with Crippen LogP contribution in [0.2, 0.25) is 0 Å². The Morgan fingerprint density at radius 2 is 1.61 bits per heavy atom. The van der Waals surface area contributed by atoms with Gasteiger partial charge in [-0.05, 0) is 57.2 Å². The predicted molar refractivity (Wildman–Crippen MR) is 86.1 cm³/mol. The Bertz CT molecular complexity index is 640. The molecule has 0 atom stereocenters. The van der Waals surface area contributed by atoms with E-state index in [1.165, 1.54) is 12.2 Å². The third kappa shape index (κ3) is 3.32. The first-order valence-electron chi connectivity index (χ1n) is 7.70. The van der Waals surface area contributed by atoms with Crippen molar-refractivity contribution >= 4 is 23.4 Å². The maximum Gasteiger partial charge on any atom is 0.258 e. The normalized spacial score (nSPS) is 19.4. The minimum absolute atomic E-state index is 0.122. The zero-order valence-corrected chi connectivity index (χ0v) is 13.0. The molecule has 120 valence electrons. The van der Waals surface area contributed by atoms with Crippen LogP contribution in [-0.2, 0) is 9.59 Å². The molecule has 1 aromatic rings. The number of nitrogens with one attached hydrogen (secondary N) is 1. The van der Waals surface area contributed by atoms with E-state index < -0.39 is 0 Å². The lowest BCUT2D eigenvalue weighted by Crippen LogP contribution is -2.43. The molecule has 1 N–H and O–H groups in total. The fourth-order valence-electron chi connectivity index (χ4n) is 2.84. The Hall–Kier alpha value is -2.47. The van der Waals surface area contributed by atoms with Gasteiger partial charge in [0.15, 0.2) is 0 Å². The van der Waals surface area contributed by atoms with E-state index in [0.29, 0.717) is 11.3 Å². The summed E-state index contributed by atoms with van der Waals surface area (Å²) in [5.41, 5.74) is 1.00. The van der Waals surface area contributed by atoms with Crippen molar-refractivity contribution in [1.29, 1.82) is 0 Å². The van der Waals surface area contributed by atoms with Crippen LogP contribution in [0.4, 0.5) is 5.69 Å². The van der Waals surface area contributed by atoms with E-state index in [9.17, 15) is 14.4 Å². The van der Waals surface area contributed by atoms with Crippen molar-refractivity contribution in [2.45, 2.75) is 18.9 Å². The van der Waals surface area contributed by atoms with Crippen molar-refractivity contribution in [3.8, 4) is 0 Å².